The number of carbonyl (C=O) groups is 2. The number of ether oxygens (including phenoxy) is 1. The summed E-state index contributed by atoms with van der Waals surface area (Å²) < 4.78 is 60.9. The van der Waals surface area contributed by atoms with Crippen molar-refractivity contribution in [2.45, 2.75) is 95.6 Å². The van der Waals surface area contributed by atoms with Crippen LogP contribution in [0.1, 0.15) is 97.8 Å². The summed E-state index contributed by atoms with van der Waals surface area (Å²) in [6.45, 7) is 5.29. The highest BCUT2D eigenvalue weighted by Crippen LogP contribution is 2.41. The summed E-state index contributed by atoms with van der Waals surface area (Å²) in [4.78, 5) is 33.0. The molecule has 1 unspecified atom stereocenters. The Labute approximate surface area is 252 Å². The fraction of sp³-hybridized carbons (Fsp3) is 0.655. The summed E-state index contributed by atoms with van der Waals surface area (Å²) in [5, 5.41) is 14.0. The summed E-state index contributed by atoms with van der Waals surface area (Å²) in [5.74, 6) is -5.36. The molecule has 3 aliphatic rings. The van der Waals surface area contributed by atoms with Crippen molar-refractivity contribution in [3.05, 3.63) is 41.2 Å². The molecule has 2 amide bonds. The van der Waals surface area contributed by atoms with Crippen molar-refractivity contribution in [3.8, 4) is 0 Å². The standard InChI is InChI=1S/C24H31F2N7O2.C5H7F2NO/c1-3-32-19(6-11-27-32)22(34)29-21(16-4-9-24(25,26)10-5-16)18-14-33-23(28-18)30-20(15(2)31-33)17-7-12-35-13-8-17;6-5(7)2-1-4(9)8-3-5/h6,11,14,16-17,21H,3-5,7-10,12-13H2,1-2H3,(H,29,34);1-3H2,(H,8,9). The van der Waals surface area contributed by atoms with Crippen LogP contribution in [0.4, 0.5) is 17.6 Å². The van der Waals surface area contributed by atoms with E-state index in [9.17, 15) is 27.2 Å². The fourth-order valence-corrected chi connectivity index (χ4v) is 5.96. The van der Waals surface area contributed by atoms with Gasteiger partial charge in [0, 0.05) is 57.6 Å². The second-order valence-corrected chi connectivity index (χ2v) is 11.7. The second-order valence-electron chi connectivity index (χ2n) is 11.7. The molecule has 2 aliphatic heterocycles. The number of piperidine rings is 1. The summed E-state index contributed by atoms with van der Waals surface area (Å²) >= 11 is 0. The minimum absolute atomic E-state index is 0.0486. The fourth-order valence-electron chi connectivity index (χ4n) is 5.96. The highest BCUT2D eigenvalue weighted by Gasteiger charge is 2.40. The van der Waals surface area contributed by atoms with Crippen LogP contribution in [-0.2, 0) is 16.1 Å². The SMILES string of the molecule is CCn1nccc1C(=O)NC(c1cn2nc(C)c(C3CCOCC3)nc2n1)C1CCC(F)(F)CC1.O=C1CCC(F)(F)CN1. The zero-order valence-electron chi connectivity index (χ0n) is 24.9. The van der Waals surface area contributed by atoms with Crippen LogP contribution in [0.2, 0.25) is 0 Å². The lowest BCUT2D eigenvalue weighted by molar-refractivity contribution is -0.129. The van der Waals surface area contributed by atoms with E-state index in [-0.39, 0.29) is 49.3 Å². The van der Waals surface area contributed by atoms with Gasteiger partial charge in [-0.25, -0.2) is 32.0 Å². The predicted molar refractivity (Wildman–Crippen MR) is 151 cm³/mol. The van der Waals surface area contributed by atoms with Crippen LogP contribution in [0.15, 0.2) is 18.5 Å². The first-order chi connectivity index (χ1) is 20.9. The van der Waals surface area contributed by atoms with E-state index < -0.39 is 24.4 Å². The zero-order chi connectivity index (χ0) is 31.5. The van der Waals surface area contributed by atoms with E-state index >= 15 is 0 Å². The molecule has 0 spiro atoms. The largest absolute Gasteiger partial charge is 0.381 e. The molecule has 3 fully saturated rings. The molecule has 15 heteroatoms. The third-order valence-corrected chi connectivity index (χ3v) is 8.49. The van der Waals surface area contributed by atoms with Crippen molar-refractivity contribution in [2.24, 2.45) is 5.92 Å². The van der Waals surface area contributed by atoms with Crippen LogP contribution in [0.25, 0.3) is 5.78 Å². The zero-order valence-corrected chi connectivity index (χ0v) is 24.9. The van der Waals surface area contributed by atoms with E-state index in [1.165, 1.54) is 0 Å². The van der Waals surface area contributed by atoms with Gasteiger partial charge in [-0.05, 0) is 51.5 Å². The van der Waals surface area contributed by atoms with Gasteiger partial charge in [-0.2, -0.15) is 10.2 Å². The van der Waals surface area contributed by atoms with Gasteiger partial charge in [0.15, 0.2) is 0 Å². The molecule has 5 heterocycles. The molecule has 3 aromatic heterocycles. The Morgan fingerprint density at radius 1 is 1.11 bits per heavy atom. The molecule has 0 aromatic carbocycles. The number of halogens is 4. The molecule has 0 bridgehead atoms. The number of rotatable bonds is 6. The first-order valence-electron chi connectivity index (χ1n) is 15.1. The number of imidazole rings is 1. The van der Waals surface area contributed by atoms with Crippen LogP contribution < -0.4 is 10.6 Å². The Bertz CT molecular complexity index is 1450. The summed E-state index contributed by atoms with van der Waals surface area (Å²) in [5.41, 5.74) is 2.76. The molecule has 1 saturated carbocycles. The maximum absolute atomic E-state index is 13.9. The topological polar surface area (TPSA) is 128 Å². The number of nitrogens with zero attached hydrogens (tertiary/aromatic N) is 6. The van der Waals surface area contributed by atoms with E-state index in [0.717, 1.165) is 24.2 Å². The molecule has 240 valence electrons. The van der Waals surface area contributed by atoms with Gasteiger partial charge in [0.1, 0.15) is 5.69 Å². The number of aromatic nitrogens is 6. The first-order valence-corrected chi connectivity index (χ1v) is 15.1. The van der Waals surface area contributed by atoms with Crippen molar-refractivity contribution < 1.29 is 31.9 Å². The van der Waals surface area contributed by atoms with Crippen LogP contribution >= 0.6 is 0 Å². The average Bonchev–Trinajstić information content (AvgIpc) is 3.65. The third kappa shape index (κ3) is 7.53. The van der Waals surface area contributed by atoms with Gasteiger partial charge in [-0.1, -0.05) is 0 Å². The molecule has 1 atom stereocenters. The molecule has 44 heavy (non-hydrogen) atoms. The molecule has 1 aliphatic carbocycles. The van der Waals surface area contributed by atoms with Crippen molar-refractivity contribution in [1.82, 2.24) is 40.0 Å². The first kappa shape index (κ1) is 31.8. The van der Waals surface area contributed by atoms with Gasteiger partial charge < -0.3 is 15.4 Å². The molecule has 3 aromatic rings. The van der Waals surface area contributed by atoms with Gasteiger partial charge in [-0.3, -0.25) is 14.3 Å². The third-order valence-electron chi connectivity index (χ3n) is 8.49. The molecule has 2 saturated heterocycles. The van der Waals surface area contributed by atoms with E-state index in [0.29, 0.717) is 49.8 Å². The number of aryl methyl sites for hydroxylation is 2. The normalized spacial score (nSPS) is 21.3. The number of nitrogens with one attached hydrogen (secondary N) is 2. The minimum Gasteiger partial charge on any atom is -0.381 e. The quantitative estimate of drug-likeness (QED) is 0.391. The second kappa shape index (κ2) is 13.2. The van der Waals surface area contributed by atoms with Crippen LogP contribution in [0.5, 0.6) is 0 Å². The molecule has 11 nitrogen and oxygen atoms in total. The number of hydrogen-bond donors (Lipinski definition) is 2. The Balaban J connectivity index is 0.000000367. The lowest BCUT2D eigenvalue weighted by Crippen LogP contribution is -2.42. The summed E-state index contributed by atoms with van der Waals surface area (Å²) in [7, 11) is 0. The highest BCUT2D eigenvalue weighted by molar-refractivity contribution is 5.92. The van der Waals surface area contributed by atoms with Gasteiger partial charge in [0.2, 0.25) is 11.8 Å². The lowest BCUT2D eigenvalue weighted by atomic mass is 9.81. The van der Waals surface area contributed by atoms with Crippen molar-refractivity contribution >= 4 is 17.6 Å². The smallest absolute Gasteiger partial charge is 0.270 e. The molecular weight excluding hydrogens is 584 g/mol. The summed E-state index contributed by atoms with van der Waals surface area (Å²) in [6.07, 6.45) is 4.95. The van der Waals surface area contributed by atoms with Crippen molar-refractivity contribution in [1.29, 1.82) is 0 Å². The Hall–Kier alpha value is -3.62. The maximum atomic E-state index is 13.9. The average molecular weight is 623 g/mol. The number of hydrogen-bond acceptors (Lipinski definition) is 7. The van der Waals surface area contributed by atoms with Gasteiger partial charge >= 0.3 is 0 Å². The van der Waals surface area contributed by atoms with E-state index in [1.54, 1.807) is 27.7 Å². The van der Waals surface area contributed by atoms with Gasteiger partial charge in [-0.15, -0.1) is 0 Å². The molecular formula is C29H38F4N8O3. The highest BCUT2D eigenvalue weighted by atomic mass is 19.3. The number of amides is 2. The van der Waals surface area contributed by atoms with Crippen LogP contribution in [-0.4, -0.2) is 72.8 Å². The Morgan fingerprint density at radius 2 is 1.84 bits per heavy atom. The van der Waals surface area contributed by atoms with Gasteiger partial charge in [0.05, 0.1) is 35.9 Å². The van der Waals surface area contributed by atoms with Crippen molar-refractivity contribution in [2.75, 3.05) is 19.8 Å². The number of alkyl halides is 4. The van der Waals surface area contributed by atoms with E-state index in [1.807, 2.05) is 13.8 Å². The van der Waals surface area contributed by atoms with Crippen LogP contribution in [0.3, 0.4) is 0 Å². The predicted octanol–water partition coefficient (Wildman–Crippen LogP) is 4.37. The van der Waals surface area contributed by atoms with Crippen molar-refractivity contribution in [3.63, 3.8) is 0 Å². The van der Waals surface area contributed by atoms with E-state index in [4.69, 9.17) is 14.7 Å². The molecule has 6 rings (SSSR count). The number of fused-ring (bicyclic) bond motifs is 1. The molecule has 0 radical (unpaired) electrons. The van der Waals surface area contributed by atoms with Crippen LogP contribution in [0, 0.1) is 12.8 Å². The molecule has 2 N–H and O–H groups in total. The Kier molecular flexibility index (Phi) is 9.51. The van der Waals surface area contributed by atoms with Gasteiger partial charge in [0.25, 0.3) is 17.6 Å². The summed E-state index contributed by atoms with van der Waals surface area (Å²) in [6, 6.07) is 1.12. The minimum atomic E-state index is -2.67. The maximum Gasteiger partial charge on any atom is 0.270 e. The van der Waals surface area contributed by atoms with E-state index in [2.05, 4.69) is 20.8 Å². The number of carbonyl (C=O) groups excluding carboxylic acids is 2. The Morgan fingerprint density at radius 3 is 2.48 bits per heavy atom. The monoisotopic (exact) mass is 622 g/mol. The lowest BCUT2D eigenvalue weighted by Gasteiger charge is -2.33.